The molecular weight excluding hydrogens is 364 g/mol. The maximum Gasteiger partial charge on any atom is 0.282 e. The lowest BCUT2D eigenvalue weighted by Crippen LogP contribution is -2.43. The van der Waals surface area contributed by atoms with E-state index >= 15 is 0 Å². The van der Waals surface area contributed by atoms with Gasteiger partial charge in [-0.05, 0) is 42.6 Å². The van der Waals surface area contributed by atoms with Crippen LogP contribution < -0.4 is 20.9 Å². The molecule has 0 atom stereocenters. The number of hydrogen-bond donors (Lipinski definition) is 3. The zero-order valence-corrected chi connectivity index (χ0v) is 14.2. The van der Waals surface area contributed by atoms with Gasteiger partial charge in [0, 0.05) is 17.8 Å². The first-order valence-electron chi connectivity index (χ1n) is 6.82. The number of carbonyl (C=O) groups excluding carboxylic acids is 1. The number of benzene rings is 2. The molecule has 2 aromatic rings. The number of hydrogen-bond acceptors (Lipinski definition) is 6. The number of nitro benzene ring substituents is 1. The van der Waals surface area contributed by atoms with Crippen LogP contribution >= 0.6 is 24.4 Å². The fourth-order valence-electron chi connectivity index (χ4n) is 1.87. The number of nitrogens with one attached hydrogen (secondary N) is 3. The predicted molar refractivity (Wildman–Crippen MR) is 101 cm³/mol. The molecule has 2 rings (SSSR count). The third-order valence-electron chi connectivity index (χ3n) is 2.91. The van der Waals surface area contributed by atoms with Crippen LogP contribution in [0.25, 0.3) is 0 Å². The molecule has 0 fully saturated rings. The molecule has 0 saturated carbocycles. The Labute approximate surface area is 153 Å². The van der Waals surface area contributed by atoms with E-state index < -0.39 is 10.8 Å². The first kappa shape index (κ1) is 18.2. The Morgan fingerprint density at radius 2 is 1.92 bits per heavy atom. The molecule has 3 N–H and O–H groups in total. The third kappa shape index (κ3) is 5.19. The number of thiocarbonyl (C=S) groups is 2. The van der Waals surface area contributed by atoms with Crippen LogP contribution in [0.4, 0.5) is 11.4 Å². The summed E-state index contributed by atoms with van der Waals surface area (Å²) in [6.07, 6.45) is 0. The molecule has 0 spiro atoms. The highest BCUT2D eigenvalue weighted by Gasteiger charge is 2.19. The van der Waals surface area contributed by atoms with Crippen LogP contribution in [0.2, 0.25) is 0 Å². The zero-order chi connectivity index (χ0) is 18.2. The van der Waals surface area contributed by atoms with Crippen molar-refractivity contribution in [3.05, 3.63) is 64.2 Å². The van der Waals surface area contributed by atoms with E-state index in [1.54, 1.807) is 24.3 Å². The van der Waals surface area contributed by atoms with Crippen molar-refractivity contribution < 1.29 is 14.5 Å². The van der Waals surface area contributed by atoms with Gasteiger partial charge in [-0.2, -0.15) is 0 Å². The van der Waals surface area contributed by atoms with Crippen LogP contribution in [0.3, 0.4) is 0 Å². The van der Waals surface area contributed by atoms with E-state index in [0.29, 0.717) is 11.4 Å². The molecule has 0 aromatic heterocycles. The van der Waals surface area contributed by atoms with E-state index in [-0.39, 0.29) is 16.4 Å². The summed E-state index contributed by atoms with van der Waals surface area (Å²) in [4.78, 5) is 22.4. The molecule has 8 nitrogen and oxygen atoms in total. The van der Waals surface area contributed by atoms with E-state index in [1.807, 2.05) is 0 Å². The molecule has 0 aliphatic carbocycles. The fraction of sp³-hybridized carbons (Fsp3) is 0. The number of anilines is 1. The van der Waals surface area contributed by atoms with Crippen molar-refractivity contribution in [3.8, 4) is 5.75 Å². The van der Waals surface area contributed by atoms with Crippen molar-refractivity contribution in [2.24, 2.45) is 0 Å². The number of rotatable bonds is 5. The maximum absolute atomic E-state index is 12.1. The van der Waals surface area contributed by atoms with Crippen LogP contribution in [0, 0.1) is 10.1 Å². The summed E-state index contributed by atoms with van der Waals surface area (Å²) in [6.45, 7) is 0. The van der Waals surface area contributed by atoms with Crippen LogP contribution in [-0.2, 0) is 0 Å². The van der Waals surface area contributed by atoms with Gasteiger partial charge in [0.2, 0.25) is 0 Å². The molecule has 128 valence electrons. The fourth-order valence-corrected chi connectivity index (χ4v) is 2.15. The summed E-state index contributed by atoms with van der Waals surface area (Å²) >= 11 is 9.67. The molecular formula is C15H12N4O4S2. The van der Waals surface area contributed by atoms with Gasteiger partial charge in [-0.25, -0.2) is 0 Å². The molecule has 0 heterocycles. The van der Waals surface area contributed by atoms with Crippen molar-refractivity contribution in [2.75, 3.05) is 5.32 Å². The number of para-hydroxylation sites is 1. The molecule has 0 bridgehead atoms. The number of nitro groups is 1. The topological polar surface area (TPSA) is 106 Å². The van der Waals surface area contributed by atoms with Gasteiger partial charge in [0.15, 0.2) is 10.7 Å². The second kappa shape index (κ2) is 8.66. The van der Waals surface area contributed by atoms with Crippen LogP contribution in [0.15, 0.2) is 48.5 Å². The standard InChI is InChI=1S/C15H12N4O4S2/c20-14(12-6-1-2-7-13(12)19(21)22)17-18-15(25)16-10-4-3-5-11(8-10)23-9-24/h1-9H,(H,17,20)(H2,16,18,25). The van der Waals surface area contributed by atoms with Crippen molar-refractivity contribution in [1.82, 2.24) is 10.9 Å². The van der Waals surface area contributed by atoms with Gasteiger partial charge in [-0.15, -0.1) is 0 Å². The average Bonchev–Trinajstić information content (AvgIpc) is 2.60. The summed E-state index contributed by atoms with van der Waals surface area (Å²) in [5.41, 5.74) is 6.13. The number of carbonyl (C=O) groups is 1. The minimum atomic E-state index is -0.686. The Morgan fingerprint density at radius 3 is 2.64 bits per heavy atom. The van der Waals surface area contributed by atoms with E-state index in [9.17, 15) is 14.9 Å². The second-order valence-electron chi connectivity index (χ2n) is 4.55. The highest BCUT2D eigenvalue weighted by Crippen LogP contribution is 2.18. The SMILES string of the molecule is O=C(NNC(=S)Nc1cccc(OC=S)c1)c1ccccc1[N+](=O)[O-]. The lowest BCUT2D eigenvalue weighted by molar-refractivity contribution is -0.385. The van der Waals surface area contributed by atoms with Crippen LogP contribution in [-0.4, -0.2) is 21.5 Å². The van der Waals surface area contributed by atoms with Crippen molar-refractivity contribution >= 4 is 52.4 Å². The van der Waals surface area contributed by atoms with E-state index in [0.717, 1.165) is 5.55 Å². The second-order valence-corrected chi connectivity index (χ2v) is 5.15. The maximum atomic E-state index is 12.1. The quantitative estimate of drug-likeness (QED) is 0.415. The Hall–Kier alpha value is -3.11. The molecule has 10 heteroatoms. The molecule has 0 radical (unpaired) electrons. The van der Waals surface area contributed by atoms with Gasteiger partial charge in [0.25, 0.3) is 11.6 Å². The lowest BCUT2D eigenvalue weighted by Gasteiger charge is -2.12. The van der Waals surface area contributed by atoms with Gasteiger partial charge in [-0.1, -0.05) is 18.2 Å². The minimum Gasteiger partial charge on any atom is -0.454 e. The summed E-state index contributed by atoms with van der Waals surface area (Å²) in [6, 6.07) is 12.4. The van der Waals surface area contributed by atoms with E-state index in [1.165, 1.54) is 24.3 Å². The van der Waals surface area contributed by atoms with Gasteiger partial charge in [-0.3, -0.25) is 25.8 Å². The monoisotopic (exact) mass is 376 g/mol. The highest BCUT2D eigenvalue weighted by atomic mass is 32.1. The van der Waals surface area contributed by atoms with E-state index in [2.05, 4.69) is 28.4 Å². The summed E-state index contributed by atoms with van der Waals surface area (Å²) in [7, 11) is 0. The number of hydrazine groups is 1. The van der Waals surface area contributed by atoms with Crippen molar-refractivity contribution in [3.63, 3.8) is 0 Å². The smallest absolute Gasteiger partial charge is 0.282 e. The van der Waals surface area contributed by atoms with Crippen molar-refractivity contribution in [2.45, 2.75) is 0 Å². The van der Waals surface area contributed by atoms with Crippen LogP contribution in [0.1, 0.15) is 10.4 Å². The van der Waals surface area contributed by atoms with Crippen molar-refractivity contribution in [1.29, 1.82) is 0 Å². The van der Waals surface area contributed by atoms with Gasteiger partial charge in [0.1, 0.15) is 11.3 Å². The Bertz CT molecular complexity index is 829. The number of nitrogens with zero attached hydrogens (tertiary/aromatic N) is 1. The normalized spacial score (nSPS) is 9.60. The van der Waals surface area contributed by atoms with Gasteiger partial charge >= 0.3 is 0 Å². The molecule has 0 unspecified atom stereocenters. The van der Waals surface area contributed by atoms with Gasteiger partial charge < -0.3 is 10.1 Å². The Balaban J connectivity index is 1.96. The molecule has 1 amide bonds. The summed E-state index contributed by atoms with van der Waals surface area (Å²) < 4.78 is 5.07. The number of amides is 1. The van der Waals surface area contributed by atoms with Crippen LogP contribution in [0.5, 0.6) is 5.75 Å². The zero-order valence-electron chi connectivity index (χ0n) is 12.6. The molecule has 0 aliphatic rings. The molecule has 25 heavy (non-hydrogen) atoms. The van der Waals surface area contributed by atoms with Gasteiger partial charge in [0.05, 0.1) is 4.92 Å². The Kier molecular flexibility index (Phi) is 6.32. The highest BCUT2D eigenvalue weighted by molar-refractivity contribution is 7.80. The average molecular weight is 376 g/mol. The molecule has 0 saturated heterocycles. The number of ether oxygens (including phenoxy) is 1. The predicted octanol–water partition coefficient (Wildman–Crippen LogP) is 2.56. The first-order chi connectivity index (χ1) is 12.0. The molecule has 2 aromatic carbocycles. The minimum absolute atomic E-state index is 0.0841. The first-order valence-corrected chi connectivity index (χ1v) is 7.70. The third-order valence-corrected chi connectivity index (χ3v) is 3.21. The lowest BCUT2D eigenvalue weighted by atomic mass is 10.2. The largest absolute Gasteiger partial charge is 0.454 e. The summed E-state index contributed by atoms with van der Waals surface area (Å²) in [5.74, 6) is -0.166. The van der Waals surface area contributed by atoms with E-state index in [4.69, 9.17) is 17.0 Å². The Morgan fingerprint density at radius 1 is 1.16 bits per heavy atom. The molecule has 0 aliphatic heterocycles. The summed E-state index contributed by atoms with van der Waals surface area (Å²) in [5, 5.41) is 13.9.